The zero-order valence-corrected chi connectivity index (χ0v) is 23.8. The predicted octanol–water partition coefficient (Wildman–Crippen LogP) is 4.46. The first-order valence-corrected chi connectivity index (χ1v) is 15.6. The molecule has 0 radical (unpaired) electrons. The Bertz CT molecular complexity index is 1520. The molecule has 6 rings (SSSR count). The van der Waals surface area contributed by atoms with Crippen molar-refractivity contribution in [3.63, 3.8) is 0 Å². The molecule has 0 atom stereocenters. The lowest BCUT2D eigenvalue weighted by molar-refractivity contribution is -0.0222. The number of benzene rings is 1. The van der Waals surface area contributed by atoms with Gasteiger partial charge in [-0.3, -0.25) is 4.72 Å². The number of alkyl halides is 2. The minimum atomic E-state index is -3.69. The smallest absolute Gasteiger partial charge is 0.251 e. The molecule has 2 aliphatic heterocycles. The Hall–Kier alpha value is -3.32. The highest BCUT2D eigenvalue weighted by Gasteiger charge is 2.44. The van der Waals surface area contributed by atoms with Gasteiger partial charge in [0.25, 0.3) is 5.92 Å². The number of oxazole rings is 1. The maximum absolute atomic E-state index is 13.7. The van der Waals surface area contributed by atoms with E-state index < -0.39 is 22.6 Å². The average molecular weight is 589 g/mol. The summed E-state index contributed by atoms with van der Waals surface area (Å²) in [6.07, 6.45) is 5.83. The van der Waals surface area contributed by atoms with Gasteiger partial charge in [0, 0.05) is 56.0 Å². The third-order valence-corrected chi connectivity index (χ3v) is 9.63. The van der Waals surface area contributed by atoms with Gasteiger partial charge < -0.3 is 19.3 Å². The minimum absolute atomic E-state index is 0.168. The van der Waals surface area contributed by atoms with Crippen molar-refractivity contribution in [3.8, 4) is 22.9 Å². The molecular formula is C28H34F2N6O4S. The van der Waals surface area contributed by atoms with Gasteiger partial charge in [0.05, 0.1) is 24.2 Å². The van der Waals surface area contributed by atoms with E-state index in [0.29, 0.717) is 34.2 Å². The Morgan fingerprint density at radius 2 is 1.71 bits per heavy atom. The van der Waals surface area contributed by atoms with Crippen molar-refractivity contribution in [1.29, 1.82) is 0 Å². The van der Waals surface area contributed by atoms with Gasteiger partial charge in [-0.1, -0.05) is 0 Å². The topological polar surface area (TPSA) is 125 Å². The van der Waals surface area contributed by atoms with E-state index in [1.165, 1.54) is 12.8 Å². The second-order valence-electron chi connectivity index (χ2n) is 11.4. The molecule has 2 saturated heterocycles. The molecule has 4 heterocycles. The van der Waals surface area contributed by atoms with E-state index in [1.807, 2.05) is 13.0 Å². The van der Waals surface area contributed by atoms with E-state index in [-0.39, 0.29) is 37.6 Å². The lowest BCUT2D eigenvalue weighted by Crippen LogP contribution is -2.40. The molecule has 1 aromatic carbocycles. The number of rotatable bonds is 8. The highest BCUT2D eigenvalue weighted by Crippen LogP contribution is 2.54. The molecule has 13 heteroatoms. The molecule has 3 aromatic rings. The van der Waals surface area contributed by atoms with Crippen LogP contribution in [0.1, 0.15) is 44.2 Å². The van der Waals surface area contributed by atoms with Crippen LogP contribution in [0.2, 0.25) is 0 Å². The number of nitrogens with zero attached hydrogens (tertiary/aromatic N) is 5. The molecule has 1 spiro atoms. The molecule has 1 saturated carbocycles. The van der Waals surface area contributed by atoms with E-state index in [2.05, 4.69) is 24.6 Å². The Kier molecular flexibility index (Phi) is 7.13. The Labute approximate surface area is 237 Å². The number of hydrogen-bond acceptors (Lipinski definition) is 9. The molecule has 0 bridgehead atoms. The second-order valence-corrected chi connectivity index (χ2v) is 13.3. The number of aromatic nitrogens is 3. The summed E-state index contributed by atoms with van der Waals surface area (Å²) in [6, 6.07) is 7.03. The minimum Gasteiger partial charge on any atom is -0.435 e. The van der Waals surface area contributed by atoms with Crippen LogP contribution in [0.3, 0.4) is 0 Å². The highest BCUT2D eigenvalue weighted by atomic mass is 32.2. The largest absolute Gasteiger partial charge is 0.435 e. The summed E-state index contributed by atoms with van der Waals surface area (Å²) >= 11 is 0. The van der Waals surface area contributed by atoms with E-state index in [4.69, 9.17) is 9.52 Å². The van der Waals surface area contributed by atoms with Gasteiger partial charge in [-0.2, -0.15) is 0 Å². The van der Waals surface area contributed by atoms with E-state index in [0.717, 1.165) is 37.2 Å². The number of halogens is 2. The number of aliphatic hydroxyl groups excluding tert-OH is 1. The molecule has 2 N–H and O–H groups in total. The summed E-state index contributed by atoms with van der Waals surface area (Å²) in [5, 5.41) is 9.12. The molecule has 3 fully saturated rings. The third-order valence-electron chi connectivity index (χ3n) is 8.36. The van der Waals surface area contributed by atoms with Gasteiger partial charge in [-0.05, 0) is 62.3 Å². The second kappa shape index (κ2) is 10.5. The van der Waals surface area contributed by atoms with Crippen molar-refractivity contribution in [2.45, 2.75) is 51.4 Å². The normalized spacial score (nSPS) is 19.9. The number of hydrogen-bond donors (Lipinski definition) is 2. The number of nitrogens with one attached hydrogen (secondary N) is 1. The van der Waals surface area contributed by atoms with Crippen molar-refractivity contribution in [3.05, 3.63) is 36.2 Å². The highest BCUT2D eigenvalue weighted by molar-refractivity contribution is 7.92. The number of piperidine rings is 2. The van der Waals surface area contributed by atoms with Crippen LogP contribution in [0.4, 0.5) is 26.1 Å². The molecule has 10 nitrogen and oxygen atoms in total. The van der Waals surface area contributed by atoms with E-state index >= 15 is 0 Å². The number of aliphatic hydroxyl groups is 1. The van der Waals surface area contributed by atoms with Crippen LogP contribution in [-0.2, 0) is 10.0 Å². The van der Waals surface area contributed by atoms with Gasteiger partial charge in [0.1, 0.15) is 5.69 Å². The molecule has 0 amide bonds. The summed E-state index contributed by atoms with van der Waals surface area (Å²) in [6.45, 7) is 3.39. The Morgan fingerprint density at radius 1 is 1.00 bits per heavy atom. The Balaban J connectivity index is 1.30. The SMILES string of the molecule is Cc1cc(-c2ncc(-c3ccc(NS(=O)(=O)CCO)cc3N3CCC4(CC3)CC4)o2)nc(N2CCC(F)(F)CC2)n1. The fourth-order valence-electron chi connectivity index (χ4n) is 5.67. The fourth-order valence-corrected chi connectivity index (χ4v) is 6.50. The molecule has 1 aliphatic carbocycles. The maximum Gasteiger partial charge on any atom is 0.251 e. The van der Waals surface area contributed by atoms with E-state index in [1.54, 1.807) is 29.3 Å². The van der Waals surface area contributed by atoms with Crippen LogP contribution < -0.4 is 14.5 Å². The summed E-state index contributed by atoms with van der Waals surface area (Å²) < 4.78 is 60.8. The van der Waals surface area contributed by atoms with Crippen LogP contribution >= 0.6 is 0 Å². The molecule has 3 aliphatic rings. The predicted molar refractivity (Wildman–Crippen MR) is 152 cm³/mol. The van der Waals surface area contributed by atoms with Crippen LogP contribution in [0.5, 0.6) is 0 Å². The standard InChI is InChI=1S/C28H34F2N6O4S/c1-19-16-22(33-26(32-19)36-12-8-28(29,30)9-13-36)25-31-18-24(40-25)21-3-2-20(34-41(38,39)15-14-37)17-23(21)35-10-6-27(4-5-27)7-11-35/h2-3,16-18,34,37H,4-15H2,1H3. The summed E-state index contributed by atoms with van der Waals surface area (Å²) in [7, 11) is -3.69. The third kappa shape index (κ3) is 6.15. The zero-order chi connectivity index (χ0) is 28.8. The van der Waals surface area contributed by atoms with Gasteiger partial charge in [0.2, 0.25) is 21.9 Å². The summed E-state index contributed by atoms with van der Waals surface area (Å²) in [5.41, 5.74) is 3.60. The number of sulfonamides is 1. The van der Waals surface area contributed by atoms with Crippen molar-refractivity contribution in [2.75, 3.05) is 53.1 Å². The average Bonchev–Trinajstić information content (AvgIpc) is 3.48. The van der Waals surface area contributed by atoms with Crippen molar-refractivity contribution in [2.24, 2.45) is 5.41 Å². The van der Waals surface area contributed by atoms with Gasteiger partial charge in [0.15, 0.2) is 5.76 Å². The zero-order valence-electron chi connectivity index (χ0n) is 22.9. The number of anilines is 3. The van der Waals surface area contributed by atoms with Crippen LogP contribution in [0, 0.1) is 12.3 Å². The number of aryl methyl sites for hydroxylation is 1. The quantitative estimate of drug-likeness (QED) is 0.393. The lowest BCUT2D eigenvalue weighted by Gasteiger charge is -2.35. The Morgan fingerprint density at radius 3 is 2.39 bits per heavy atom. The van der Waals surface area contributed by atoms with Crippen molar-refractivity contribution < 1.29 is 26.7 Å². The molecule has 41 heavy (non-hydrogen) atoms. The van der Waals surface area contributed by atoms with Crippen LogP contribution in [0.25, 0.3) is 22.9 Å². The molecule has 2 aromatic heterocycles. The summed E-state index contributed by atoms with van der Waals surface area (Å²) in [4.78, 5) is 17.6. The monoisotopic (exact) mass is 588 g/mol. The maximum atomic E-state index is 13.7. The first kappa shape index (κ1) is 27.8. The van der Waals surface area contributed by atoms with Crippen molar-refractivity contribution in [1.82, 2.24) is 15.0 Å². The molecule has 0 unspecified atom stereocenters. The van der Waals surface area contributed by atoms with Crippen molar-refractivity contribution >= 4 is 27.3 Å². The van der Waals surface area contributed by atoms with E-state index in [9.17, 15) is 17.2 Å². The van der Waals surface area contributed by atoms with Crippen LogP contribution in [-0.4, -0.2) is 72.9 Å². The first-order valence-electron chi connectivity index (χ1n) is 14.0. The van der Waals surface area contributed by atoms with Gasteiger partial charge in [-0.15, -0.1) is 0 Å². The fraction of sp³-hybridized carbons (Fsp3) is 0.536. The van der Waals surface area contributed by atoms with Gasteiger partial charge in [-0.25, -0.2) is 32.2 Å². The lowest BCUT2D eigenvalue weighted by atomic mass is 9.93. The summed E-state index contributed by atoms with van der Waals surface area (Å²) in [5.74, 6) is -1.90. The molecular weight excluding hydrogens is 554 g/mol. The van der Waals surface area contributed by atoms with Gasteiger partial charge >= 0.3 is 0 Å². The first-order chi connectivity index (χ1) is 19.5. The van der Waals surface area contributed by atoms with Crippen LogP contribution in [0.15, 0.2) is 34.9 Å². The molecule has 220 valence electrons.